The quantitative estimate of drug-likeness (QED) is 0.784. The number of benzene rings is 1. The van der Waals surface area contributed by atoms with Crippen molar-refractivity contribution >= 4 is 15.6 Å². The van der Waals surface area contributed by atoms with Gasteiger partial charge in [0.1, 0.15) is 15.6 Å². The van der Waals surface area contributed by atoms with Crippen LogP contribution in [0.4, 0.5) is 0 Å². The monoisotopic (exact) mass is 240 g/mol. The summed E-state index contributed by atoms with van der Waals surface area (Å²) in [5.74, 6) is -0.0859. The molecular formula is C12H16O3S. The smallest absolute Gasteiger partial charge is 0.147 e. The maximum atomic E-state index is 11.5. The molecule has 88 valence electrons. The molecule has 1 aromatic carbocycles. The van der Waals surface area contributed by atoms with Gasteiger partial charge in [-0.15, -0.1) is 0 Å². The van der Waals surface area contributed by atoms with Crippen molar-refractivity contribution in [2.24, 2.45) is 0 Å². The Kier molecular flexibility index (Phi) is 4.24. The second-order valence-electron chi connectivity index (χ2n) is 4.02. The van der Waals surface area contributed by atoms with Crippen LogP contribution in [0, 0.1) is 6.92 Å². The third-order valence-electron chi connectivity index (χ3n) is 2.40. The first-order chi connectivity index (χ1) is 7.38. The molecule has 0 atom stereocenters. The Morgan fingerprint density at radius 2 is 1.88 bits per heavy atom. The molecule has 1 aromatic rings. The van der Waals surface area contributed by atoms with Crippen LogP contribution in [0.5, 0.6) is 0 Å². The van der Waals surface area contributed by atoms with Gasteiger partial charge < -0.3 is 0 Å². The van der Waals surface area contributed by atoms with Gasteiger partial charge in [0.05, 0.1) is 5.75 Å². The summed E-state index contributed by atoms with van der Waals surface area (Å²) < 4.78 is 21.8. The van der Waals surface area contributed by atoms with E-state index in [-0.39, 0.29) is 18.0 Å². The van der Waals surface area contributed by atoms with Gasteiger partial charge in [-0.25, -0.2) is 8.42 Å². The molecule has 0 N–H and O–H groups in total. The second kappa shape index (κ2) is 5.25. The third kappa shape index (κ3) is 4.57. The van der Waals surface area contributed by atoms with E-state index >= 15 is 0 Å². The van der Waals surface area contributed by atoms with Crippen LogP contribution >= 0.6 is 0 Å². The molecule has 0 amide bonds. The molecule has 0 saturated heterocycles. The molecule has 3 nitrogen and oxygen atoms in total. The summed E-state index contributed by atoms with van der Waals surface area (Å²) in [5.41, 5.74) is 2.04. The largest absolute Gasteiger partial charge is 0.299 e. The molecule has 0 spiro atoms. The topological polar surface area (TPSA) is 51.2 Å². The Labute approximate surface area is 96.4 Å². The van der Waals surface area contributed by atoms with Gasteiger partial charge in [-0.05, 0) is 18.1 Å². The van der Waals surface area contributed by atoms with Gasteiger partial charge in [0.25, 0.3) is 0 Å². The van der Waals surface area contributed by atoms with Crippen LogP contribution in [0.2, 0.25) is 0 Å². The van der Waals surface area contributed by atoms with E-state index < -0.39 is 9.84 Å². The highest BCUT2D eigenvalue weighted by molar-refractivity contribution is 7.90. The molecule has 0 heterocycles. The number of hydrogen-bond acceptors (Lipinski definition) is 3. The number of carbonyl (C=O) groups is 1. The van der Waals surface area contributed by atoms with Crippen LogP contribution in [-0.4, -0.2) is 26.2 Å². The number of rotatable bonds is 5. The second-order valence-corrected chi connectivity index (χ2v) is 6.28. The standard InChI is InChI=1S/C12H16O3S/c1-10-5-3-4-6-11(10)9-12(13)7-8-16(2,14)15/h3-6H,7-9H2,1-2H3. The fraction of sp³-hybridized carbons (Fsp3) is 0.417. The maximum absolute atomic E-state index is 11.5. The number of sulfone groups is 1. The minimum absolute atomic E-state index is 0.0280. The molecule has 0 bridgehead atoms. The summed E-state index contributed by atoms with van der Waals surface area (Å²) in [6, 6.07) is 7.64. The van der Waals surface area contributed by atoms with Crippen molar-refractivity contribution in [3.63, 3.8) is 0 Å². The first kappa shape index (κ1) is 12.9. The van der Waals surface area contributed by atoms with Crippen molar-refractivity contribution in [1.29, 1.82) is 0 Å². The van der Waals surface area contributed by atoms with E-state index in [0.29, 0.717) is 6.42 Å². The normalized spacial score (nSPS) is 11.4. The van der Waals surface area contributed by atoms with Crippen molar-refractivity contribution in [3.8, 4) is 0 Å². The van der Waals surface area contributed by atoms with E-state index in [1.807, 2.05) is 31.2 Å². The minimum atomic E-state index is -3.04. The van der Waals surface area contributed by atoms with Gasteiger partial charge >= 0.3 is 0 Å². The van der Waals surface area contributed by atoms with Crippen LogP contribution in [0.1, 0.15) is 17.5 Å². The molecule has 0 aliphatic carbocycles. The highest BCUT2D eigenvalue weighted by atomic mass is 32.2. The Morgan fingerprint density at radius 3 is 2.44 bits per heavy atom. The van der Waals surface area contributed by atoms with Crippen molar-refractivity contribution in [3.05, 3.63) is 35.4 Å². The number of ketones is 1. The van der Waals surface area contributed by atoms with Crippen LogP contribution in [0.3, 0.4) is 0 Å². The molecular weight excluding hydrogens is 224 g/mol. The molecule has 1 rings (SSSR count). The summed E-state index contributed by atoms with van der Waals surface area (Å²) in [6.07, 6.45) is 1.57. The van der Waals surface area contributed by atoms with Crippen LogP contribution in [-0.2, 0) is 21.1 Å². The molecule has 0 aromatic heterocycles. The molecule has 0 unspecified atom stereocenters. The van der Waals surface area contributed by atoms with Crippen LogP contribution in [0.25, 0.3) is 0 Å². The lowest BCUT2D eigenvalue weighted by atomic mass is 10.0. The predicted octanol–water partition coefficient (Wildman–Crippen LogP) is 1.54. The highest BCUT2D eigenvalue weighted by Crippen LogP contribution is 2.09. The van der Waals surface area contributed by atoms with Crippen molar-refractivity contribution in [2.45, 2.75) is 19.8 Å². The van der Waals surface area contributed by atoms with Gasteiger partial charge in [-0.2, -0.15) is 0 Å². The molecule has 0 radical (unpaired) electrons. The fourth-order valence-corrected chi connectivity index (χ4v) is 2.01. The Bertz CT molecular complexity index is 475. The minimum Gasteiger partial charge on any atom is -0.299 e. The Morgan fingerprint density at radius 1 is 1.25 bits per heavy atom. The van der Waals surface area contributed by atoms with Crippen molar-refractivity contribution < 1.29 is 13.2 Å². The number of hydrogen-bond donors (Lipinski definition) is 0. The van der Waals surface area contributed by atoms with Crippen LogP contribution in [0.15, 0.2) is 24.3 Å². The average molecular weight is 240 g/mol. The molecule has 0 saturated carbocycles. The highest BCUT2D eigenvalue weighted by Gasteiger charge is 2.09. The van der Waals surface area contributed by atoms with E-state index in [0.717, 1.165) is 17.4 Å². The Hall–Kier alpha value is -1.16. The molecule has 4 heteroatoms. The van der Waals surface area contributed by atoms with E-state index in [1.54, 1.807) is 0 Å². The zero-order valence-electron chi connectivity index (χ0n) is 9.56. The maximum Gasteiger partial charge on any atom is 0.147 e. The zero-order valence-corrected chi connectivity index (χ0v) is 10.4. The average Bonchev–Trinajstić information content (AvgIpc) is 2.18. The van der Waals surface area contributed by atoms with Crippen LogP contribution < -0.4 is 0 Å². The van der Waals surface area contributed by atoms with Crippen molar-refractivity contribution in [1.82, 2.24) is 0 Å². The molecule has 16 heavy (non-hydrogen) atoms. The first-order valence-corrected chi connectivity index (χ1v) is 7.18. The number of carbonyl (C=O) groups excluding carboxylic acids is 1. The third-order valence-corrected chi connectivity index (χ3v) is 3.35. The summed E-state index contributed by atoms with van der Waals surface area (Å²) >= 11 is 0. The summed E-state index contributed by atoms with van der Waals surface area (Å²) in [5, 5.41) is 0. The van der Waals surface area contributed by atoms with Gasteiger partial charge in [-0.1, -0.05) is 24.3 Å². The summed E-state index contributed by atoms with van der Waals surface area (Å²) in [4.78, 5) is 11.5. The first-order valence-electron chi connectivity index (χ1n) is 5.12. The van der Waals surface area contributed by atoms with Gasteiger partial charge in [-0.3, -0.25) is 4.79 Å². The van der Waals surface area contributed by atoms with E-state index in [1.165, 1.54) is 0 Å². The fourth-order valence-electron chi connectivity index (χ4n) is 1.41. The van der Waals surface area contributed by atoms with E-state index in [9.17, 15) is 13.2 Å². The van der Waals surface area contributed by atoms with E-state index in [4.69, 9.17) is 0 Å². The number of Topliss-reactive ketones (excluding diaryl/α,β-unsaturated/α-hetero) is 1. The van der Waals surface area contributed by atoms with Gasteiger partial charge in [0.2, 0.25) is 0 Å². The summed E-state index contributed by atoms with van der Waals surface area (Å²) in [6.45, 7) is 1.94. The predicted molar refractivity (Wildman–Crippen MR) is 64.2 cm³/mol. The van der Waals surface area contributed by atoms with Crippen molar-refractivity contribution in [2.75, 3.05) is 12.0 Å². The summed E-state index contributed by atoms with van der Waals surface area (Å²) in [7, 11) is -3.04. The molecule has 0 aliphatic heterocycles. The van der Waals surface area contributed by atoms with Gasteiger partial charge in [0.15, 0.2) is 0 Å². The Balaban J connectivity index is 2.56. The lowest BCUT2D eigenvalue weighted by molar-refractivity contribution is -0.118. The SMILES string of the molecule is Cc1ccccc1CC(=O)CCS(C)(=O)=O. The molecule has 0 aliphatic rings. The van der Waals surface area contributed by atoms with Gasteiger partial charge in [0, 0.05) is 19.1 Å². The van der Waals surface area contributed by atoms with E-state index in [2.05, 4.69) is 0 Å². The lowest BCUT2D eigenvalue weighted by Gasteiger charge is -2.04. The lowest BCUT2D eigenvalue weighted by Crippen LogP contribution is -2.11. The zero-order chi connectivity index (χ0) is 12.2. The molecule has 0 fully saturated rings. The number of aryl methyl sites for hydroxylation is 1.